The summed E-state index contributed by atoms with van der Waals surface area (Å²) in [5.41, 5.74) is 0.297. The molecule has 0 spiro atoms. The van der Waals surface area contributed by atoms with Gasteiger partial charge in [0.2, 0.25) is 11.8 Å². The predicted octanol–water partition coefficient (Wildman–Crippen LogP) is 4.98. The summed E-state index contributed by atoms with van der Waals surface area (Å²) >= 11 is 0. The second-order valence-electron chi connectivity index (χ2n) is 11.1. The zero-order valence-electron chi connectivity index (χ0n) is 23.2. The van der Waals surface area contributed by atoms with E-state index in [2.05, 4.69) is 10.6 Å². The number of carbonyl (C=O) groups excluding carboxylic acids is 3. The first-order valence-electron chi connectivity index (χ1n) is 13.2. The van der Waals surface area contributed by atoms with Crippen LogP contribution in [0, 0.1) is 12.8 Å². The lowest BCUT2D eigenvalue weighted by Gasteiger charge is -2.37. The van der Waals surface area contributed by atoms with Crippen LogP contribution < -0.4 is 10.6 Å². The van der Waals surface area contributed by atoms with E-state index in [1.54, 1.807) is 50.8 Å². The van der Waals surface area contributed by atoms with Crippen molar-refractivity contribution in [3.63, 3.8) is 0 Å². The Balaban J connectivity index is 2.52. The maximum Gasteiger partial charge on any atom is 0.408 e. The molecule has 0 aliphatic heterocycles. The molecule has 1 fully saturated rings. The third-order valence-electron chi connectivity index (χ3n) is 6.55. The lowest BCUT2D eigenvalue weighted by molar-refractivity contribution is -0.144. The minimum absolute atomic E-state index is 0.000522. The molecule has 0 heterocycles. The standard InChI is InChI=1S/C28H45N3O5/c1-9-12-19(5)29-25(33)23(21-14-11-13-18(4)24(21)32)31(20-15-16-20)26(34)22(17(3)10-2)30-27(35)36-28(6,7)8/h11,13-14,17,19-20,22-23,32H,9-10,12,15-16H2,1-8H3,(H,29,33)(H,30,35). The number of benzene rings is 1. The van der Waals surface area contributed by atoms with Gasteiger partial charge in [-0.1, -0.05) is 51.8 Å². The normalized spacial score (nSPS) is 16.9. The van der Waals surface area contributed by atoms with E-state index in [9.17, 15) is 19.5 Å². The SMILES string of the molecule is CCCC(C)NC(=O)C(c1cccc(C)c1O)N(C(=O)C(NC(=O)OC(C)(C)C)C(C)CC)C1CC1. The third kappa shape index (κ3) is 7.87. The summed E-state index contributed by atoms with van der Waals surface area (Å²) in [5, 5.41) is 16.8. The maximum absolute atomic E-state index is 14.1. The Morgan fingerprint density at radius 1 is 1.14 bits per heavy atom. The quantitative estimate of drug-likeness (QED) is 0.395. The molecule has 3 amide bonds. The van der Waals surface area contributed by atoms with Crippen molar-refractivity contribution in [2.45, 2.75) is 117 Å². The fourth-order valence-electron chi connectivity index (χ4n) is 4.30. The molecule has 1 saturated carbocycles. The van der Waals surface area contributed by atoms with Crippen LogP contribution in [-0.4, -0.2) is 51.6 Å². The Morgan fingerprint density at radius 2 is 1.78 bits per heavy atom. The van der Waals surface area contributed by atoms with Crippen molar-refractivity contribution >= 4 is 17.9 Å². The number of nitrogens with one attached hydrogen (secondary N) is 2. The van der Waals surface area contributed by atoms with Crippen molar-refractivity contribution in [2.75, 3.05) is 0 Å². The molecule has 0 saturated heterocycles. The summed E-state index contributed by atoms with van der Waals surface area (Å²) in [6.45, 7) is 14.9. The van der Waals surface area contributed by atoms with E-state index in [4.69, 9.17) is 4.74 Å². The van der Waals surface area contributed by atoms with Gasteiger partial charge in [0.1, 0.15) is 23.4 Å². The highest BCUT2D eigenvalue weighted by molar-refractivity contribution is 5.93. The molecular formula is C28H45N3O5. The second-order valence-corrected chi connectivity index (χ2v) is 11.1. The summed E-state index contributed by atoms with van der Waals surface area (Å²) in [6.07, 6.45) is 3.19. The summed E-state index contributed by atoms with van der Waals surface area (Å²) in [4.78, 5) is 42.1. The molecule has 0 bridgehead atoms. The Labute approximate surface area is 216 Å². The number of nitrogens with zero attached hydrogens (tertiary/aromatic N) is 1. The highest BCUT2D eigenvalue weighted by atomic mass is 16.6. The molecule has 4 atom stereocenters. The van der Waals surface area contributed by atoms with Gasteiger partial charge >= 0.3 is 6.09 Å². The van der Waals surface area contributed by atoms with Crippen molar-refractivity contribution in [2.24, 2.45) is 5.92 Å². The largest absolute Gasteiger partial charge is 0.507 e. The Morgan fingerprint density at radius 3 is 2.31 bits per heavy atom. The second kappa shape index (κ2) is 12.5. The summed E-state index contributed by atoms with van der Waals surface area (Å²) in [7, 11) is 0. The molecule has 0 radical (unpaired) electrons. The Bertz CT molecular complexity index is 922. The minimum Gasteiger partial charge on any atom is -0.507 e. The number of hydrogen-bond donors (Lipinski definition) is 3. The molecule has 1 aliphatic carbocycles. The van der Waals surface area contributed by atoms with Gasteiger partial charge in [0.25, 0.3) is 0 Å². The van der Waals surface area contributed by atoms with Gasteiger partial charge in [-0.05, 0) is 65.4 Å². The number of aryl methyl sites for hydroxylation is 1. The van der Waals surface area contributed by atoms with Crippen LogP contribution in [0.25, 0.3) is 0 Å². The topological polar surface area (TPSA) is 108 Å². The zero-order chi connectivity index (χ0) is 27.2. The Hall–Kier alpha value is -2.77. The summed E-state index contributed by atoms with van der Waals surface area (Å²) in [5.74, 6) is -0.876. The van der Waals surface area contributed by atoms with E-state index in [0.717, 1.165) is 25.7 Å². The molecule has 0 aromatic heterocycles. The number of carbonyl (C=O) groups is 3. The average Bonchev–Trinajstić information content (AvgIpc) is 3.61. The van der Waals surface area contributed by atoms with Crippen LogP contribution in [0.5, 0.6) is 5.75 Å². The van der Waals surface area contributed by atoms with Crippen LogP contribution in [0.15, 0.2) is 18.2 Å². The molecule has 1 aliphatic rings. The van der Waals surface area contributed by atoms with Gasteiger partial charge in [0, 0.05) is 17.6 Å². The van der Waals surface area contributed by atoms with Crippen LogP contribution in [-0.2, 0) is 14.3 Å². The van der Waals surface area contributed by atoms with Gasteiger partial charge in [0.05, 0.1) is 0 Å². The number of phenols is 1. The van der Waals surface area contributed by atoms with Crippen LogP contribution >= 0.6 is 0 Å². The van der Waals surface area contributed by atoms with Crippen LogP contribution in [0.4, 0.5) is 4.79 Å². The molecule has 8 nitrogen and oxygen atoms in total. The van der Waals surface area contributed by atoms with E-state index in [1.165, 1.54) is 0 Å². The number of amides is 3. The lowest BCUT2D eigenvalue weighted by Crippen LogP contribution is -2.56. The minimum atomic E-state index is -1.02. The van der Waals surface area contributed by atoms with Crippen molar-refractivity contribution in [1.29, 1.82) is 0 Å². The van der Waals surface area contributed by atoms with E-state index in [1.807, 2.05) is 27.7 Å². The predicted molar refractivity (Wildman–Crippen MR) is 141 cm³/mol. The first-order chi connectivity index (χ1) is 16.8. The highest BCUT2D eigenvalue weighted by Crippen LogP contribution is 2.39. The van der Waals surface area contributed by atoms with Crippen molar-refractivity contribution in [1.82, 2.24) is 15.5 Å². The fourth-order valence-corrected chi connectivity index (χ4v) is 4.30. The number of hydrogen-bond acceptors (Lipinski definition) is 5. The van der Waals surface area contributed by atoms with Gasteiger partial charge < -0.3 is 25.4 Å². The van der Waals surface area contributed by atoms with Crippen molar-refractivity contribution in [3.8, 4) is 5.75 Å². The number of para-hydroxylation sites is 1. The van der Waals surface area contributed by atoms with Gasteiger partial charge in [-0.15, -0.1) is 0 Å². The van der Waals surface area contributed by atoms with E-state index >= 15 is 0 Å². The van der Waals surface area contributed by atoms with E-state index in [-0.39, 0.29) is 35.6 Å². The number of alkyl carbamates (subject to hydrolysis) is 1. The monoisotopic (exact) mass is 503 g/mol. The van der Waals surface area contributed by atoms with E-state index < -0.39 is 23.8 Å². The molecule has 1 aromatic rings. The molecule has 36 heavy (non-hydrogen) atoms. The van der Waals surface area contributed by atoms with Crippen molar-refractivity contribution < 1.29 is 24.2 Å². The third-order valence-corrected chi connectivity index (χ3v) is 6.55. The highest BCUT2D eigenvalue weighted by Gasteiger charge is 2.46. The van der Waals surface area contributed by atoms with Crippen LogP contribution in [0.3, 0.4) is 0 Å². The van der Waals surface area contributed by atoms with Crippen molar-refractivity contribution in [3.05, 3.63) is 29.3 Å². The molecular weight excluding hydrogens is 458 g/mol. The van der Waals surface area contributed by atoms with Gasteiger partial charge in [-0.25, -0.2) is 4.79 Å². The molecule has 4 unspecified atom stereocenters. The fraction of sp³-hybridized carbons (Fsp3) is 0.679. The average molecular weight is 504 g/mol. The number of rotatable bonds is 11. The first kappa shape index (κ1) is 29.5. The first-order valence-corrected chi connectivity index (χ1v) is 13.2. The van der Waals surface area contributed by atoms with Crippen LogP contribution in [0.2, 0.25) is 0 Å². The number of phenolic OH excluding ortho intramolecular Hbond substituents is 1. The Kier molecular flexibility index (Phi) is 10.2. The van der Waals surface area contributed by atoms with Gasteiger partial charge in [-0.3, -0.25) is 9.59 Å². The molecule has 8 heteroatoms. The molecule has 202 valence electrons. The number of aromatic hydroxyl groups is 1. The molecule has 3 N–H and O–H groups in total. The maximum atomic E-state index is 14.1. The zero-order valence-corrected chi connectivity index (χ0v) is 23.2. The van der Waals surface area contributed by atoms with Gasteiger partial charge in [-0.2, -0.15) is 0 Å². The molecule has 1 aromatic carbocycles. The summed E-state index contributed by atoms with van der Waals surface area (Å²) < 4.78 is 5.44. The van der Waals surface area contributed by atoms with Gasteiger partial charge in [0.15, 0.2) is 0 Å². The lowest BCUT2D eigenvalue weighted by atomic mass is 9.94. The molecule has 2 rings (SSSR count). The van der Waals surface area contributed by atoms with Crippen LogP contribution in [0.1, 0.15) is 97.7 Å². The number of ether oxygens (including phenoxy) is 1. The van der Waals surface area contributed by atoms with E-state index in [0.29, 0.717) is 17.5 Å². The summed E-state index contributed by atoms with van der Waals surface area (Å²) in [6, 6.07) is 3.11. The smallest absolute Gasteiger partial charge is 0.408 e.